The molecule has 0 saturated heterocycles. The van der Waals surface area contributed by atoms with Crippen LogP contribution in [0.25, 0.3) is 0 Å². The van der Waals surface area contributed by atoms with Crippen LogP contribution in [0.2, 0.25) is 0 Å². The van der Waals surface area contributed by atoms with E-state index in [-0.39, 0.29) is 12.7 Å². The van der Waals surface area contributed by atoms with Crippen molar-refractivity contribution in [3.8, 4) is 17.6 Å². The summed E-state index contributed by atoms with van der Waals surface area (Å²) < 4.78 is 12.1. The first kappa shape index (κ1) is 19.8. The van der Waals surface area contributed by atoms with Gasteiger partial charge in [-0.3, -0.25) is 0 Å². The van der Waals surface area contributed by atoms with Crippen LogP contribution in [0.1, 0.15) is 37.0 Å². The molecule has 2 rings (SSSR count). The van der Waals surface area contributed by atoms with E-state index >= 15 is 0 Å². The van der Waals surface area contributed by atoms with E-state index in [1.165, 1.54) is 0 Å². The monoisotopic (exact) mass is 416 g/mol. The van der Waals surface area contributed by atoms with Crippen LogP contribution in [0.5, 0.6) is 11.5 Å². The molecule has 136 valence electrons. The summed E-state index contributed by atoms with van der Waals surface area (Å²) in [6.07, 6.45) is 2.58. The number of rotatable bonds is 8. The summed E-state index contributed by atoms with van der Waals surface area (Å²) in [6, 6.07) is 13.1. The van der Waals surface area contributed by atoms with Crippen molar-refractivity contribution in [1.82, 2.24) is 0 Å². The first-order chi connectivity index (χ1) is 12.6. The highest BCUT2D eigenvalue weighted by Gasteiger charge is 2.13. The summed E-state index contributed by atoms with van der Waals surface area (Å²) in [5, 5.41) is 13.1. The van der Waals surface area contributed by atoms with E-state index in [4.69, 9.17) is 19.6 Å². The van der Waals surface area contributed by atoms with Gasteiger partial charge in [0.1, 0.15) is 6.61 Å². The van der Waals surface area contributed by atoms with E-state index in [0.29, 0.717) is 17.1 Å². The highest BCUT2D eigenvalue weighted by atomic mass is 79.9. The molecular formula is C20H21BrN2O3. The molecule has 0 fully saturated rings. The fourth-order valence-corrected chi connectivity index (χ4v) is 2.73. The van der Waals surface area contributed by atoms with E-state index in [1.807, 2.05) is 37.3 Å². The van der Waals surface area contributed by atoms with Gasteiger partial charge in [-0.2, -0.15) is 5.26 Å². The Morgan fingerprint density at radius 3 is 2.77 bits per heavy atom. The maximum absolute atomic E-state index is 9.07. The summed E-state index contributed by atoms with van der Waals surface area (Å²) in [5.74, 6) is 1.29. The van der Waals surface area contributed by atoms with Crippen molar-refractivity contribution < 1.29 is 14.3 Å². The van der Waals surface area contributed by atoms with Gasteiger partial charge in [0, 0.05) is 11.1 Å². The van der Waals surface area contributed by atoms with Crippen molar-refractivity contribution in [1.29, 1.82) is 5.26 Å². The maximum atomic E-state index is 9.07. The van der Waals surface area contributed by atoms with Crippen LogP contribution in [0.3, 0.4) is 0 Å². The highest BCUT2D eigenvalue weighted by molar-refractivity contribution is 9.10. The van der Waals surface area contributed by atoms with Crippen LogP contribution in [0, 0.1) is 11.3 Å². The third kappa shape index (κ3) is 5.24. The minimum atomic E-state index is 0.0863. The number of oxime groups is 1. The molecule has 0 radical (unpaired) electrons. The number of benzene rings is 2. The zero-order valence-corrected chi connectivity index (χ0v) is 16.6. The Morgan fingerprint density at radius 2 is 2.08 bits per heavy atom. The molecule has 0 bridgehead atoms. The molecule has 0 aliphatic carbocycles. The number of hydrogen-bond donors (Lipinski definition) is 0. The number of hydrogen-bond acceptors (Lipinski definition) is 5. The molecule has 6 heteroatoms. The smallest absolute Gasteiger partial charge is 0.175 e. The van der Waals surface area contributed by atoms with Crippen molar-refractivity contribution in [3.63, 3.8) is 0 Å². The molecule has 2 aromatic rings. The van der Waals surface area contributed by atoms with Crippen molar-refractivity contribution >= 4 is 22.1 Å². The molecule has 0 amide bonds. The van der Waals surface area contributed by atoms with Crippen LogP contribution in [0.15, 0.2) is 46.0 Å². The van der Waals surface area contributed by atoms with E-state index in [2.05, 4.69) is 34.1 Å². The Balaban J connectivity index is 2.08. The van der Waals surface area contributed by atoms with Crippen LogP contribution < -0.4 is 9.47 Å². The van der Waals surface area contributed by atoms with E-state index in [0.717, 1.165) is 22.0 Å². The lowest BCUT2D eigenvalue weighted by atomic mass is 10.1. The van der Waals surface area contributed by atoms with Crippen molar-refractivity contribution in [2.24, 2.45) is 5.16 Å². The number of ether oxygens (including phenoxy) is 2. The third-order valence-electron chi connectivity index (χ3n) is 3.78. The van der Waals surface area contributed by atoms with Gasteiger partial charge in [-0.05, 0) is 47.5 Å². The first-order valence-electron chi connectivity index (χ1n) is 8.26. The van der Waals surface area contributed by atoms with Gasteiger partial charge in [-0.25, -0.2) is 0 Å². The van der Waals surface area contributed by atoms with Gasteiger partial charge >= 0.3 is 0 Å². The predicted octanol–water partition coefficient (Wildman–Crippen LogP) is 5.06. The highest BCUT2D eigenvalue weighted by Crippen LogP contribution is 2.37. The van der Waals surface area contributed by atoms with Crippen LogP contribution in [0.4, 0.5) is 0 Å². The lowest BCUT2D eigenvalue weighted by Gasteiger charge is -2.17. The number of methoxy groups -OCH3 is 1. The molecule has 26 heavy (non-hydrogen) atoms. The van der Waals surface area contributed by atoms with Gasteiger partial charge in [0.05, 0.1) is 35.5 Å². The Kier molecular flexibility index (Phi) is 7.49. The topological polar surface area (TPSA) is 63.8 Å². The van der Waals surface area contributed by atoms with Crippen molar-refractivity contribution in [2.75, 3.05) is 7.11 Å². The molecule has 0 N–H and O–H groups in total. The number of nitrogens with zero attached hydrogens (tertiary/aromatic N) is 2. The molecular weight excluding hydrogens is 396 g/mol. The number of halogens is 1. The van der Waals surface area contributed by atoms with Crippen LogP contribution >= 0.6 is 15.9 Å². The standard InChI is InChI=1S/C20H21BrN2O3/c1-4-14(2)26-20-18(21)9-15(10-19(20)24-3)12-23-25-13-17-8-6-5-7-16(17)11-22/h5-10,12,14H,4,13H2,1-3H3/b23-12-/t14-/m1/s1. The Labute approximate surface area is 162 Å². The first-order valence-corrected chi connectivity index (χ1v) is 9.05. The zero-order chi connectivity index (χ0) is 18.9. The van der Waals surface area contributed by atoms with E-state index in [9.17, 15) is 0 Å². The Bertz CT molecular complexity index is 815. The van der Waals surface area contributed by atoms with Crippen molar-refractivity contribution in [3.05, 3.63) is 57.6 Å². The molecule has 0 aliphatic rings. The van der Waals surface area contributed by atoms with Gasteiger partial charge in [0.25, 0.3) is 0 Å². The minimum absolute atomic E-state index is 0.0863. The summed E-state index contributed by atoms with van der Waals surface area (Å²) in [6.45, 7) is 4.30. The zero-order valence-electron chi connectivity index (χ0n) is 15.0. The second-order valence-corrected chi connectivity index (χ2v) is 6.50. The lowest BCUT2D eigenvalue weighted by Crippen LogP contribution is -2.11. The second kappa shape index (κ2) is 9.83. The summed E-state index contributed by atoms with van der Waals surface area (Å²) in [4.78, 5) is 5.32. The normalized spacial score (nSPS) is 11.8. The summed E-state index contributed by atoms with van der Waals surface area (Å²) in [7, 11) is 1.60. The minimum Gasteiger partial charge on any atom is -0.493 e. The summed E-state index contributed by atoms with van der Waals surface area (Å²) in [5.41, 5.74) is 2.18. The molecule has 2 aromatic carbocycles. The van der Waals surface area contributed by atoms with Crippen LogP contribution in [-0.2, 0) is 11.4 Å². The largest absolute Gasteiger partial charge is 0.493 e. The van der Waals surface area contributed by atoms with Gasteiger partial charge in [-0.1, -0.05) is 30.3 Å². The third-order valence-corrected chi connectivity index (χ3v) is 4.37. The fourth-order valence-electron chi connectivity index (χ4n) is 2.17. The average Bonchev–Trinajstić information content (AvgIpc) is 2.67. The molecule has 0 unspecified atom stereocenters. The maximum Gasteiger partial charge on any atom is 0.175 e. The molecule has 5 nitrogen and oxygen atoms in total. The fraction of sp³-hybridized carbons (Fsp3) is 0.300. The van der Waals surface area contributed by atoms with Gasteiger partial charge in [-0.15, -0.1) is 0 Å². The SMILES string of the molecule is CC[C@@H](C)Oc1c(Br)cc(/C=N\OCc2ccccc2C#N)cc1OC. The Morgan fingerprint density at radius 1 is 1.31 bits per heavy atom. The number of nitriles is 1. The molecule has 0 saturated carbocycles. The molecule has 0 heterocycles. The van der Waals surface area contributed by atoms with Crippen LogP contribution in [-0.4, -0.2) is 19.4 Å². The Hall–Kier alpha value is -2.52. The van der Waals surface area contributed by atoms with Gasteiger partial charge in [0.2, 0.25) is 0 Å². The molecule has 0 aliphatic heterocycles. The average molecular weight is 417 g/mol. The van der Waals surface area contributed by atoms with Gasteiger partial charge in [0.15, 0.2) is 11.5 Å². The quantitative estimate of drug-likeness (QED) is 0.445. The second-order valence-electron chi connectivity index (χ2n) is 5.65. The van der Waals surface area contributed by atoms with E-state index in [1.54, 1.807) is 19.4 Å². The van der Waals surface area contributed by atoms with Gasteiger partial charge < -0.3 is 14.3 Å². The molecule has 0 spiro atoms. The molecule has 0 aromatic heterocycles. The lowest BCUT2D eigenvalue weighted by molar-refractivity contribution is 0.132. The predicted molar refractivity (Wildman–Crippen MR) is 105 cm³/mol. The van der Waals surface area contributed by atoms with E-state index < -0.39 is 0 Å². The summed E-state index contributed by atoms with van der Waals surface area (Å²) >= 11 is 3.52. The van der Waals surface area contributed by atoms with Crippen molar-refractivity contribution in [2.45, 2.75) is 33.0 Å². The molecule has 1 atom stereocenters.